The first-order valence-corrected chi connectivity index (χ1v) is 11.6. The van der Waals surface area contributed by atoms with E-state index in [-0.39, 0.29) is 12.1 Å². The van der Waals surface area contributed by atoms with Crippen LogP contribution >= 0.6 is 0 Å². The van der Waals surface area contributed by atoms with Crippen molar-refractivity contribution in [3.05, 3.63) is 66.0 Å². The fourth-order valence-electron chi connectivity index (χ4n) is 4.75. The normalized spacial score (nSPS) is 17.0. The topological polar surface area (TPSA) is 75.1 Å². The third-order valence-electron chi connectivity index (χ3n) is 6.38. The summed E-state index contributed by atoms with van der Waals surface area (Å²) >= 11 is 0. The summed E-state index contributed by atoms with van der Waals surface area (Å²) in [7, 11) is 0. The Balaban J connectivity index is 1.29. The molecule has 3 aromatic rings. The maximum atomic E-state index is 12.9. The van der Waals surface area contributed by atoms with Crippen LogP contribution in [0.4, 0.5) is 10.5 Å². The zero-order valence-electron chi connectivity index (χ0n) is 18.3. The Morgan fingerprint density at radius 3 is 2.62 bits per heavy atom. The first-order chi connectivity index (χ1) is 15.8. The van der Waals surface area contributed by atoms with E-state index >= 15 is 0 Å². The van der Waals surface area contributed by atoms with E-state index in [2.05, 4.69) is 42.4 Å². The number of rotatable bonds is 6. The van der Waals surface area contributed by atoms with E-state index in [9.17, 15) is 4.79 Å². The van der Waals surface area contributed by atoms with Crippen molar-refractivity contribution in [3.63, 3.8) is 0 Å². The van der Waals surface area contributed by atoms with Crippen LogP contribution in [0.5, 0.6) is 0 Å². The summed E-state index contributed by atoms with van der Waals surface area (Å²) in [6.45, 7) is 3.96. The van der Waals surface area contributed by atoms with E-state index in [0.717, 1.165) is 67.5 Å². The number of hydrogen-bond donors (Lipinski definition) is 2. The van der Waals surface area contributed by atoms with Gasteiger partial charge in [-0.1, -0.05) is 48.9 Å². The number of piperidine rings is 1. The standard InChI is InChI=1S/C25H30N6O/c32-25(27-22(19-9-3-1-4-10-19)18-30-14-5-2-6-15-30)26-21-12-7-11-20(17-21)24-29-28-23-13-8-16-31(23)24/h1,3-4,7,9-12,17,22H,2,5-6,8,13-16,18H2,(H2,26,27,32). The molecular formula is C25H30N6O. The molecule has 1 unspecified atom stereocenters. The molecule has 0 aliphatic carbocycles. The van der Waals surface area contributed by atoms with Gasteiger partial charge in [0.15, 0.2) is 5.82 Å². The van der Waals surface area contributed by atoms with Crippen LogP contribution in [0, 0.1) is 0 Å². The molecule has 0 spiro atoms. The predicted molar refractivity (Wildman–Crippen MR) is 125 cm³/mol. The highest BCUT2D eigenvalue weighted by Crippen LogP contribution is 2.25. The Morgan fingerprint density at radius 1 is 0.938 bits per heavy atom. The average molecular weight is 431 g/mol. The Kier molecular flexibility index (Phi) is 6.16. The molecule has 2 aliphatic heterocycles. The maximum Gasteiger partial charge on any atom is 0.319 e. The lowest BCUT2D eigenvalue weighted by atomic mass is 10.0. The van der Waals surface area contributed by atoms with Gasteiger partial charge in [-0.25, -0.2) is 4.79 Å². The molecule has 0 bridgehead atoms. The molecule has 1 saturated heterocycles. The molecular weight excluding hydrogens is 400 g/mol. The van der Waals surface area contributed by atoms with Crippen molar-refractivity contribution in [2.75, 3.05) is 25.0 Å². The number of urea groups is 1. The van der Waals surface area contributed by atoms with Gasteiger partial charge < -0.3 is 20.1 Å². The molecule has 2 N–H and O–H groups in total. The monoisotopic (exact) mass is 430 g/mol. The summed E-state index contributed by atoms with van der Waals surface area (Å²) < 4.78 is 2.17. The smallest absolute Gasteiger partial charge is 0.319 e. The van der Waals surface area contributed by atoms with Crippen LogP contribution in [0.15, 0.2) is 54.6 Å². The van der Waals surface area contributed by atoms with E-state index in [1.807, 2.05) is 42.5 Å². The number of nitrogens with one attached hydrogen (secondary N) is 2. The lowest BCUT2D eigenvalue weighted by Crippen LogP contribution is -2.41. The fraction of sp³-hybridized carbons (Fsp3) is 0.400. The summed E-state index contributed by atoms with van der Waals surface area (Å²) in [5, 5.41) is 14.9. The average Bonchev–Trinajstić information content (AvgIpc) is 3.44. The third kappa shape index (κ3) is 4.67. The molecule has 7 nitrogen and oxygen atoms in total. The van der Waals surface area contributed by atoms with E-state index < -0.39 is 0 Å². The number of aromatic nitrogens is 3. The molecule has 0 radical (unpaired) electrons. The van der Waals surface area contributed by atoms with Gasteiger partial charge in [0, 0.05) is 30.8 Å². The molecule has 1 aromatic heterocycles. The number of benzene rings is 2. The van der Waals surface area contributed by atoms with Crippen LogP contribution in [-0.2, 0) is 13.0 Å². The van der Waals surface area contributed by atoms with Gasteiger partial charge in [0.25, 0.3) is 0 Å². The van der Waals surface area contributed by atoms with E-state index in [1.54, 1.807) is 0 Å². The van der Waals surface area contributed by atoms with Crippen molar-refractivity contribution in [1.82, 2.24) is 25.0 Å². The second-order valence-electron chi connectivity index (χ2n) is 8.70. The number of carbonyl (C=O) groups excluding carboxylic acids is 1. The van der Waals surface area contributed by atoms with Crippen LogP contribution < -0.4 is 10.6 Å². The minimum atomic E-state index is -0.195. The number of carbonyl (C=O) groups is 1. The minimum absolute atomic E-state index is 0.0581. The lowest BCUT2D eigenvalue weighted by molar-refractivity contribution is 0.203. The Hall–Kier alpha value is -3.19. The number of anilines is 1. The summed E-state index contributed by atoms with van der Waals surface area (Å²) in [5.41, 5.74) is 2.84. The van der Waals surface area contributed by atoms with Crippen LogP contribution in [0.25, 0.3) is 11.4 Å². The number of hydrogen-bond acceptors (Lipinski definition) is 4. The first-order valence-electron chi connectivity index (χ1n) is 11.6. The van der Waals surface area contributed by atoms with Crippen LogP contribution in [-0.4, -0.2) is 45.3 Å². The van der Waals surface area contributed by atoms with Crippen LogP contribution in [0.3, 0.4) is 0 Å². The number of amides is 2. The molecule has 1 atom stereocenters. The summed E-state index contributed by atoms with van der Waals surface area (Å²) in [4.78, 5) is 15.4. The highest BCUT2D eigenvalue weighted by Gasteiger charge is 2.21. The molecule has 2 amide bonds. The highest BCUT2D eigenvalue weighted by molar-refractivity contribution is 5.90. The Bertz CT molecular complexity index is 1060. The zero-order chi connectivity index (χ0) is 21.8. The van der Waals surface area contributed by atoms with Crippen molar-refractivity contribution >= 4 is 11.7 Å². The number of fused-ring (bicyclic) bond motifs is 1. The van der Waals surface area contributed by atoms with E-state index in [1.165, 1.54) is 19.3 Å². The molecule has 7 heteroatoms. The number of nitrogens with zero attached hydrogens (tertiary/aromatic N) is 4. The molecule has 32 heavy (non-hydrogen) atoms. The Morgan fingerprint density at radius 2 is 1.78 bits per heavy atom. The van der Waals surface area contributed by atoms with Gasteiger partial charge in [-0.15, -0.1) is 10.2 Å². The highest BCUT2D eigenvalue weighted by atomic mass is 16.2. The maximum absolute atomic E-state index is 12.9. The van der Waals surface area contributed by atoms with Crippen LogP contribution in [0.2, 0.25) is 0 Å². The molecule has 2 aliphatic rings. The van der Waals surface area contributed by atoms with Crippen molar-refractivity contribution in [3.8, 4) is 11.4 Å². The molecule has 1 fully saturated rings. The lowest BCUT2D eigenvalue weighted by Gasteiger charge is -2.31. The summed E-state index contributed by atoms with van der Waals surface area (Å²) in [5.74, 6) is 1.91. The molecule has 166 valence electrons. The van der Waals surface area contributed by atoms with Gasteiger partial charge in [0.05, 0.1) is 6.04 Å². The summed E-state index contributed by atoms with van der Waals surface area (Å²) in [6.07, 6.45) is 5.84. The SMILES string of the molecule is O=C(Nc1cccc(-c2nnc3n2CCC3)c1)NC(CN1CCCCC1)c1ccccc1. The number of aryl methyl sites for hydroxylation is 1. The van der Waals surface area contributed by atoms with E-state index in [0.29, 0.717) is 0 Å². The van der Waals surface area contributed by atoms with Gasteiger partial charge in [-0.05, 0) is 50.0 Å². The zero-order valence-corrected chi connectivity index (χ0v) is 18.3. The second kappa shape index (κ2) is 9.53. The second-order valence-corrected chi connectivity index (χ2v) is 8.70. The van der Waals surface area contributed by atoms with Crippen molar-refractivity contribution in [2.45, 2.75) is 44.7 Å². The largest absolute Gasteiger partial charge is 0.330 e. The van der Waals surface area contributed by atoms with Gasteiger partial charge in [-0.3, -0.25) is 0 Å². The predicted octanol–water partition coefficient (Wildman–Crippen LogP) is 4.24. The van der Waals surface area contributed by atoms with Crippen molar-refractivity contribution in [1.29, 1.82) is 0 Å². The van der Waals surface area contributed by atoms with Gasteiger partial charge in [0.2, 0.25) is 0 Å². The first kappa shape index (κ1) is 20.7. The third-order valence-corrected chi connectivity index (χ3v) is 6.38. The molecule has 3 heterocycles. The Labute approximate surface area is 188 Å². The summed E-state index contributed by atoms with van der Waals surface area (Å²) in [6, 6.07) is 17.8. The van der Waals surface area contributed by atoms with Gasteiger partial charge in [-0.2, -0.15) is 0 Å². The van der Waals surface area contributed by atoms with Crippen LogP contribution in [0.1, 0.15) is 43.1 Å². The van der Waals surface area contributed by atoms with Gasteiger partial charge >= 0.3 is 6.03 Å². The van der Waals surface area contributed by atoms with Gasteiger partial charge in [0.1, 0.15) is 5.82 Å². The van der Waals surface area contributed by atoms with E-state index in [4.69, 9.17) is 0 Å². The quantitative estimate of drug-likeness (QED) is 0.613. The molecule has 2 aromatic carbocycles. The number of likely N-dealkylation sites (tertiary alicyclic amines) is 1. The minimum Gasteiger partial charge on any atom is -0.330 e. The molecule has 0 saturated carbocycles. The van der Waals surface area contributed by atoms with Crippen molar-refractivity contribution in [2.24, 2.45) is 0 Å². The molecule has 5 rings (SSSR count). The fourth-order valence-corrected chi connectivity index (χ4v) is 4.75. The van der Waals surface area contributed by atoms with Crippen molar-refractivity contribution < 1.29 is 4.79 Å².